The SMILES string of the molecule is Cc1ccc(C2(CN3CC=CC3=O)CC2)cc1. The molecule has 88 valence electrons. The molecule has 17 heavy (non-hydrogen) atoms. The first-order valence-electron chi connectivity index (χ1n) is 6.22. The van der Waals surface area contributed by atoms with Crippen LogP contribution in [0.5, 0.6) is 0 Å². The highest BCUT2D eigenvalue weighted by atomic mass is 16.2. The van der Waals surface area contributed by atoms with Gasteiger partial charge in [-0.3, -0.25) is 4.79 Å². The minimum atomic E-state index is 0.170. The Hall–Kier alpha value is -1.57. The lowest BCUT2D eigenvalue weighted by atomic mass is 9.94. The zero-order chi connectivity index (χ0) is 11.9. The quantitative estimate of drug-likeness (QED) is 0.776. The van der Waals surface area contributed by atoms with Crippen molar-refractivity contribution in [3.05, 3.63) is 47.5 Å². The lowest BCUT2D eigenvalue weighted by Crippen LogP contribution is -2.33. The standard InChI is InChI=1S/C15H17NO/c1-12-4-6-13(7-5-12)15(8-9-15)11-16-10-2-3-14(16)17/h2-7H,8-11H2,1H3. The van der Waals surface area contributed by atoms with Gasteiger partial charge in [-0.15, -0.1) is 0 Å². The van der Waals surface area contributed by atoms with Gasteiger partial charge >= 0.3 is 0 Å². The van der Waals surface area contributed by atoms with Crippen molar-refractivity contribution in [1.82, 2.24) is 4.90 Å². The van der Waals surface area contributed by atoms with Gasteiger partial charge in [-0.05, 0) is 25.3 Å². The molecule has 0 radical (unpaired) electrons. The molecule has 1 aromatic carbocycles. The number of amides is 1. The average Bonchev–Trinajstić information content (AvgIpc) is 2.99. The van der Waals surface area contributed by atoms with Gasteiger partial charge < -0.3 is 4.90 Å². The Morgan fingerprint density at radius 3 is 2.47 bits per heavy atom. The lowest BCUT2D eigenvalue weighted by molar-refractivity contribution is -0.124. The van der Waals surface area contributed by atoms with Gasteiger partial charge in [0.05, 0.1) is 0 Å². The van der Waals surface area contributed by atoms with Crippen LogP contribution in [0.15, 0.2) is 36.4 Å². The van der Waals surface area contributed by atoms with Gasteiger partial charge in [0.25, 0.3) is 0 Å². The van der Waals surface area contributed by atoms with E-state index in [1.807, 2.05) is 11.0 Å². The molecule has 1 aliphatic heterocycles. The summed E-state index contributed by atoms with van der Waals surface area (Å²) in [5.74, 6) is 0.170. The summed E-state index contributed by atoms with van der Waals surface area (Å²) < 4.78 is 0. The summed E-state index contributed by atoms with van der Waals surface area (Å²) in [6.45, 7) is 3.77. The normalized spacial score (nSPS) is 21.0. The first-order chi connectivity index (χ1) is 8.20. The fourth-order valence-corrected chi connectivity index (χ4v) is 2.58. The number of benzene rings is 1. The highest BCUT2D eigenvalue weighted by Gasteiger charge is 2.46. The van der Waals surface area contributed by atoms with Crippen LogP contribution in [0.1, 0.15) is 24.0 Å². The van der Waals surface area contributed by atoms with E-state index in [0.717, 1.165) is 13.1 Å². The molecule has 0 saturated heterocycles. The Kier molecular flexibility index (Phi) is 2.32. The molecule has 1 saturated carbocycles. The van der Waals surface area contributed by atoms with E-state index in [4.69, 9.17) is 0 Å². The molecule has 0 bridgehead atoms. The van der Waals surface area contributed by atoms with Crippen LogP contribution >= 0.6 is 0 Å². The Bertz CT molecular complexity index is 468. The molecule has 3 rings (SSSR count). The number of aryl methyl sites for hydroxylation is 1. The Morgan fingerprint density at radius 2 is 1.94 bits per heavy atom. The highest BCUT2D eigenvalue weighted by Crippen LogP contribution is 2.48. The molecule has 1 aliphatic carbocycles. The van der Waals surface area contributed by atoms with Crippen molar-refractivity contribution >= 4 is 5.91 Å². The summed E-state index contributed by atoms with van der Waals surface area (Å²) in [5.41, 5.74) is 2.93. The van der Waals surface area contributed by atoms with E-state index < -0.39 is 0 Å². The topological polar surface area (TPSA) is 20.3 Å². The number of carbonyl (C=O) groups is 1. The summed E-state index contributed by atoms with van der Waals surface area (Å²) in [4.78, 5) is 13.6. The predicted molar refractivity (Wildman–Crippen MR) is 67.8 cm³/mol. The van der Waals surface area contributed by atoms with Gasteiger partial charge in [-0.25, -0.2) is 0 Å². The molecular weight excluding hydrogens is 210 g/mol. The van der Waals surface area contributed by atoms with E-state index in [-0.39, 0.29) is 11.3 Å². The summed E-state index contributed by atoms with van der Waals surface area (Å²) in [6.07, 6.45) is 6.05. The van der Waals surface area contributed by atoms with E-state index in [1.54, 1.807) is 6.08 Å². The maximum atomic E-state index is 11.6. The minimum absolute atomic E-state index is 0.170. The largest absolute Gasteiger partial charge is 0.335 e. The molecule has 0 aromatic heterocycles. The average molecular weight is 227 g/mol. The molecule has 0 unspecified atom stereocenters. The van der Waals surface area contributed by atoms with Crippen LogP contribution in [0.25, 0.3) is 0 Å². The predicted octanol–water partition coefficient (Wildman–Crippen LogP) is 2.43. The number of nitrogens with zero attached hydrogens (tertiary/aromatic N) is 1. The monoisotopic (exact) mass is 227 g/mol. The molecule has 1 amide bonds. The third kappa shape index (κ3) is 1.88. The van der Waals surface area contributed by atoms with Gasteiger partial charge in [0.15, 0.2) is 0 Å². The molecule has 1 aromatic rings. The minimum Gasteiger partial charge on any atom is -0.335 e. The van der Waals surface area contributed by atoms with Crippen molar-refractivity contribution in [2.75, 3.05) is 13.1 Å². The third-order valence-electron chi connectivity index (χ3n) is 3.91. The van der Waals surface area contributed by atoms with Crippen LogP contribution in [0, 0.1) is 6.92 Å². The van der Waals surface area contributed by atoms with Crippen LogP contribution in [0.2, 0.25) is 0 Å². The Morgan fingerprint density at radius 1 is 1.24 bits per heavy atom. The zero-order valence-corrected chi connectivity index (χ0v) is 10.1. The molecule has 1 heterocycles. The Balaban J connectivity index is 1.78. The second-order valence-corrected chi connectivity index (χ2v) is 5.27. The summed E-state index contributed by atoms with van der Waals surface area (Å²) in [5, 5.41) is 0. The van der Waals surface area contributed by atoms with Gasteiger partial charge in [0.1, 0.15) is 0 Å². The molecule has 0 N–H and O–H groups in total. The van der Waals surface area contributed by atoms with E-state index >= 15 is 0 Å². The highest BCUT2D eigenvalue weighted by molar-refractivity contribution is 5.90. The van der Waals surface area contributed by atoms with Crippen LogP contribution in [0.3, 0.4) is 0 Å². The van der Waals surface area contributed by atoms with Crippen molar-refractivity contribution in [3.8, 4) is 0 Å². The van der Waals surface area contributed by atoms with Gasteiger partial charge in [-0.1, -0.05) is 35.9 Å². The van der Waals surface area contributed by atoms with Crippen LogP contribution < -0.4 is 0 Å². The molecule has 0 atom stereocenters. The van der Waals surface area contributed by atoms with Crippen LogP contribution in [-0.4, -0.2) is 23.9 Å². The maximum Gasteiger partial charge on any atom is 0.246 e. The first-order valence-corrected chi connectivity index (χ1v) is 6.22. The van der Waals surface area contributed by atoms with Crippen LogP contribution in [0.4, 0.5) is 0 Å². The maximum absolute atomic E-state index is 11.6. The summed E-state index contributed by atoms with van der Waals surface area (Å²) >= 11 is 0. The Labute approximate surface area is 102 Å². The van der Waals surface area contributed by atoms with Gasteiger partial charge in [0.2, 0.25) is 5.91 Å². The molecule has 2 heteroatoms. The fourth-order valence-electron chi connectivity index (χ4n) is 2.58. The lowest BCUT2D eigenvalue weighted by Gasteiger charge is -2.23. The van der Waals surface area contributed by atoms with E-state index in [2.05, 4.69) is 31.2 Å². The molecule has 0 spiro atoms. The molecule has 1 fully saturated rings. The van der Waals surface area contributed by atoms with E-state index in [0.29, 0.717) is 0 Å². The second-order valence-electron chi connectivity index (χ2n) is 5.27. The zero-order valence-electron chi connectivity index (χ0n) is 10.1. The first kappa shape index (κ1) is 10.6. The number of rotatable bonds is 3. The summed E-state index contributed by atoms with van der Waals surface area (Å²) in [7, 11) is 0. The second kappa shape index (κ2) is 3.73. The fraction of sp³-hybridized carbons (Fsp3) is 0.400. The smallest absolute Gasteiger partial charge is 0.246 e. The molecule has 2 nitrogen and oxygen atoms in total. The molecule has 2 aliphatic rings. The number of hydrogen-bond donors (Lipinski definition) is 0. The molecular formula is C15H17NO. The third-order valence-corrected chi connectivity index (χ3v) is 3.91. The van der Waals surface area contributed by atoms with Crippen molar-refractivity contribution in [3.63, 3.8) is 0 Å². The van der Waals surface area contributed by atoms with Crippen molar-refractivity contribution in [2.24, 2.45) is 0 Å². The van der Waals surface area contributed by atoms with Crippen molar-refractivity contribution in [1.29, 1.82) is 0 Å². The van der Waals surface area contributed by atoms with Gasteiger partial charge in [-0.2, -0.15) is 0 Å². The van der Waals surface area contributed by atoms with E-state index in [1.165, 1.54) is 24.0 Å². The number of hydrogen-bond acceptors (Lipinski definition) is 1. The van der Waals surface area contributed by atoms with Crippen molar-refractivity contribution < 1.29 is 4.79 Å². The summed E-state index contributed by atoms with van der Waals surface area (Å²) in [6, 6.07) is 8.77. The number of carbonyl (C=O) groups excluding carboxylic acids is 1. The van der Waals surface area contributed by atoms with Crippen LogP contribution in [-0.2, 0) is 10.2 Å². The van der Waals surface area contributed by atoms with E-state index in [9.17, 15) is 4.79 Å². The van der Waals surface area contributed by atoms with Gasteiger partial charge in [0, 0.05) is 24.6 Å². The van der Waals surface area contributed by atoms with Crippen molar-refractivity contribution in [2.45, 2.75) is 25.2 Å².